The van der Waals surface area contributed by atoms with Gasteiger partial charge in [0.2, 0.25) is 5.91 Å². The first-order chi connectivity index (χ1) is 12.0. The molecule has 1 unspecified atom stereocenters. The van der Waals surface area contributed by atoms with Gasteiger partial charge in [-0.15, -0.1) is 0 Å². The normalized spacial score (nSPS) is 17.4. The lowest BCUT2D eigenvalue weighted by molar-refractivity contribution is -0.191. The number of fused-ring (bicyclic) bond motifs is 1. The minimum Gasteiger partial charge on any atom is -0.488 e. The quantitative estimate of drug-likeness (QED) is 0.878. The highest BCUT2D eigenvalue weighted by Crippen LogP contribution is 2.40. The standard InChI is InChI=1S/C19H21F3N2O2/c1-18(2,3)26-15-6-4-5-12-7-8-13(11-14(12)15)17(19(20,21)22)24-10-9-16(25)23-24/h4-8,11,17H,9-10H2,1-3H3,(H,23,25). The molecular formula is C19H21F3N2O2. The third-order valence-corrected chi connectivity index (χ3v) is 4.07. The van der Waals surface area contributed by atoms with Crippen LogP contribution in [0.15, 0.2) is 36.4 Å². The van der Waals surface area contributed by atoms with Gasteiger partial charge < -0.3 is 4.74 Å². The van der Waals surface area contributed by atoms with Crippen LogP contribution in [0, 0.1) is 0 Å². The number of hydrogen-bond donors (Lipinski definition) is 1. The Labute approximate surface area is 149 Å². The van der Waals surface area contributed by atoms with Crippen LogP contribution in [0.5, 0.6) is 5.75 Å². The largest absolute Gasteiger partial charge is 0.488 e. The number of hydrogen-bond acceptors (Lipinski definition) is 3. The van der Waals surface area contributed by atoms with Gasteiger partial charge in [0.05, 0.1) is 0 Å². The van der Waals surface area contributed by atoms with E-state index in [1.165, 1.54) is 12.1 Å². The van der Waals surface area contributed by atoms with Crippen molar-refractivity contribution in [2.24, 2.45) is 0 Å². The first-order valence-corrected chi connectivity index (χ1v) is 8.39. The summed E-state index contributed by atoms with van der Waals surface area (Å²) in [5, 5.41) is 2.36. The van der Waals surface area contributed by atoms with Crippen LogP contribution in [0.1, 0.15) is 38.8 Å². The van der Waals surface area contributed by atoms with Crippen LogP contribution in [0.4, 0.5) is 13.2 Å². The van der Waals surface area contributed by atoms with E-state index in [1.54, 1.807) is 12.1 Å². The van der Waals surface area contributed by atoms with Gasteiger partial charge in [0.25, 0.3) is 0 Å². The molecule has 1 atom stereocenters. The number of halogens is 3. The van der Waals surface area contributed by atoms with Crippen LogP contribution in [-0.2, 0) is 4.79 Å². The predicted molar refractivity (Wildman–Crippen MR) is 92.6 cm³/mol. The summed E-state index contributed by atoms with van der Waals surface area (Å²) in [6.07, 6.45) is -4.47. The van der Waals surface area contributed by atoms with E-state index in [-0.39, 0.29) is 18.5 Å². The molecule has 7 heteroatoms. The van der Waals surface area contributed by atoms with Crippen molar-refractivity contribution in [2.75, 3.05) is 6.54 Å². The summed E-state index contributed by atoms with van der Waals surface area (Å²) in [4.78, 5) is 11.4. The second-order valence-corrected chi connectivity index (χ2v) is 7.37. The molecule has 0 saturated carbocycles. The average molecular weight is 366 g/mol. The van der Waals surface area contributed by atoms with Gasteiger partial charge in [-0.05, 0) is 43.9 Å². The van der Waals surface area contributed by atoms with E-state index in [0.29, 0.717) is 11.1 Å². The minimum absolute atomic E-state index is 0.0151. The van der Waals surface area contributed by atoms with Crippen LogP contribution in [0.3, 0.4) is 0 Å². The lowest BCUT2D eigenvalue weighted by atomic mass is 10.00. The van der Waals surface area contributed by atoms with Gasteiger partial charge in [0.1, 0.15) is 17.4 Å². The number of alkyl halides is 3. The molecule has 1 N–H and O–H groups in total. The SMILES string of the molecule is CC(C)(C)Oc1cccc2ccc(C(N3CCC(=O)N3)C(F)(F)F)cc12. The third-order valence-electron chi connectivity index (χ3n) is 4.07. The summed E-state index contributed by atoms with van der Waals surface area (Å²) in [5.74, 6) is 0.125. The number of carbonyl (C=O) groups excluding carboxylic acids is 1. The molecule has 4 nitrogen and oxygen atoms in total. The molecule has 0 aromatic heterocycles. The fraction of sp³-hybridized carbons (Fsp3) is 0.421. The number of nitrogens with one attached hydrogen (secondary N) is 1. The van der Waals surface area contributed by atoms with Crippen LogP contribution >= 0.6 is 0 Å². The molecule has 1 amide bonds. The molecule has 140 valence electrons. The molecular weight excluding hydrogens is 345 g/mol. The molecule has 1 heterocycles. The number of carbonyl (C=O) groups is 1. The Morgan fingerprint density at radius 3 is 2.46 bits per heavy atom. The van der Waals surface area contributed by atoms with Crippen molar-refractivity contribution < 1.29 is 22.7 Å². The molecule has 1 aliphatic rings. The average Bonchev–Trinajstić information content (AvgIpc) is 2.91. The summed E-state index contributed by atoms with van der Waals surface area (Å²) in [5.41, 5.74) is 1.89. The highest BCUT2D eigenvalue weighted by atomic mass is 19.4. The maximum atomic E-state index is 13.7. The summed E-state index contributed by atoms with van der Waals surface area (Å²) in [6, 6.07) is 8.08. The number of benzene rings is 2. The fourth-order valence-electron chi connectivity index (χ4n) is 3.08. The van der Waals surface area contributed by atoms with Crippen LogP contribution < -0.4 is 10.2 Å². The molecule has 0 spiro atoms. The maximum absolute atomic E-state index is 13.7. The monoisotopic (exact) mass is 366 g/mol. The molecule has 2 aromatic carbocycles. The van der Waals surface area contributed by atoms with E-state index in [0.717, 1.165) is 10.4 Å². The Bertz CT molecular complexity index is 828. The Morgan fingerprint density at radius 1 is 1.15 bits per heavy atom. The van der Waals surface area contributed by atoms with Gasteiger partial charge in [0, 0.05) is 18.4 Å². The van der Waals surface area contributed by atoms with Crippen molar-refractivity contribution >= 4 is 16.7 Å². The maximum Gasteiger partial charge on any atom is 0.409 e. The summed E-state index contributed by atoms with van der Waals surface area (Å²) in [7, 11) is 0. The van der Waals surface area contributed by atoms with Gasteiger partial charge in [0.15, 0.2) is 0 Å². The van der Waals surface area contributed by atoms with Crippen molar-refractivity contribution in [3.8, 4) is 5.75 Å². The second kappa shape index (κ2) is 6.46. The molecule has 0 bridgehead atoms. The zero-order valence-electron chi connectivity index (χ0n) is 14.9. The van der Waals surface area contributed by atoms with Crippen molar-refractivity contribution in [3.05, 3.63) is 42.0 Å². The highest BCUT2D eigenvalue weighted by molar-refractivity contribution is 5.89. The summed E-state index contributed by atoms with van der Waals surface area (Å²) in [6.45, 7) is 5.66. The number of hydrazine groups is 1. The van der Waals surface area contributed by atoms with E-state index in [1.807, 2.05) is 32.9 Å². The number of rotatable bonds is 3. The van der Waals surface area contributed by atoms with E-state index < -0.39 is 23.7 Å². The Morgan fingerprint density at radius 2 is 1.88 bits per heavy atom. The minimum atomic E-state index is -4.52. The molecule has 0 aliphatic carbocycles. The van der Waals surface area contributed by atoms with Gasteiger partial charge in [-0.3, -0.25) is 10.2 Å². The molecule has 3 rings (SSSR count). The van der Waals surface area contributed by atoms with Crippen molar-refractivity contribution in [3.63, 3.8) is 0 Å². The molecule has 26 heavy (non-hydrogen) atoms. The lowest BCUT2D eigenvalue weighted by Crippen LogP contribution is -2.43. The van der Waals surface area contributed by atoms with E-state index in [2.05, 4.69) is 5.43 Å². The summed E-state index contributed by atoms with van der Waals surface area (Å²) >= 11 is 0. The first kappa shape index (κ1) is 18.5. The van der Waals surface area contributed by atoms with Crippen molar-refractivity contribution in [2.45, 2.75) is 45.0 Å². The van der Waals surface area contributed by atoms with Gasteiger partial charge in [-0.2, -0.15) is 13.2 Å². The van der Waals surface area contributed by atoms with Crippen LogP contribution in [-0.4, -0.2) is 29.2 Å². The van der Waals surface area contributed by atoms with Crippen LogP contribution in [0.2, 0.25) is 0 Å². The molecule has 1 aliphatic heterocycles. The third kappa shape index (κ3) is 3.93. The fourth-order valence-corrected chi connectivity index (χ4v) is 3.08. The van der Waals surface area contributed by atoms with Gasteiger partial charge in [-0.25, -0.2) is 5.01 Å². The molecule has 2 aromatic rings. The predicted octanol–water partition coefficient (Wildman–Crippen LogP) is 4.36. The second-order valence-electron chi connectivity index (χ2n) is 7.37. The number of nitrogens with zero attached hydrogens (tertiary/aromatic N) is 1. The highest BCUT2D eigenvalue weighted by Gasteiger charge is 2.47. The smallest absolute Gasteiger partial charge is 0.409 e. The number of amides is 1. The van der Waals surface area contributed by atoms with Gasteiger partial charge >= 0.3 is 6.18 Å². The Hall–Kier alpha value is -2.28. The molecule has 1 fully saturated rings. The summed E-state index contributed by atoms with van der Waals surface area (Å²) < 4.78 is 47.1. The van der Waals surface area contributed by atoms with E-state index >= 15 is 0 Å². The van der Waals surface area contributed by atoms with E-state index in [4.69, 9.17) is 4.74 Å². The topological polar surface area (TPSA) is 41.6 Å². The lowest BCUT2D eigenvalue weighted by Gasteiger charge is -2.29. The van der Waals surface area contributed by atoms with Gasteiger partial charge in [-0.1, -0.05) is 24.3 Å². The zero-order chi connectivity index (χ0) is 19.1. The molecule has 1 saturated heterocycles. The van der Waals surface area contributed by atoms with Crippen LogP contribution in [0.25, 0.3) is 10.8 Å². The number of ether oxygens (including phenoxy) is 1. The zero-order valence-corrected chi connectivity index (χ0v) is 14.9. The molecule has 0 radical (unpaired) electrons. The first-order valence-electron chi connectivity index (χ1n) is 8.39. The Kier molecular flexibility index (Phi) is 4.60. The Balaban J connectivity index is 2.08. The van der Waals surface area contributed by atoms with E-state index in [9.17, 15) is 18.0 Å². The van der Waals surface area contributed by atoms with Crippen molar-refractivity contribution in [1.82, 2.24) is 10.4 Å². The van der Waals surface area contributed by atoms with Crippen molar-refractivity contribution in [1.29, 1.82) is 0 Å².